The average Bonchev–Trinajstić information content (AvgIpc) is 2.45. The monoisotopic (exact) mass is 316 g/mol. The van der Waals surface area contributed by atoms with Crippen LogP contribution in [0.5, 0.6) is 0 Å². The van der Waals surface area contributed by atoms with Crippen molar-refractivity contribution >= 4 is 6.09 Å². The molecule has 22 heavy (non-hydrogen) atoms. The smallest absolute Gasteiger partial charge is 0.410 e. The van der Waals surface area contributed by atoms with E-state index in [2.05, 4.69) is 5.32 Å². The Morgan fingerprint density at radius 3 is 2.45 bits per heavy atom. The maximum atomic E-state index is 12.0. The highest BCUT2D eigenvalue weighted by atomic mass is 16.7. The van der Waals surface area contributed by atoms with Crippen LogP contribution in [0, 0.1) is 5.92 Å². The van der Waals surface area contributed by atoms with Gasteiger partial charge < -0.3 is 24.4 Å². The highest BCUT2D eigenvalue weighted by molar-refractivity contribution is 5.68. The second-order valence-electron chi connectivity index (χ2n) is 6.69. The van der Waals surface area contributed by atoms with Crippen molar-refractivity contribution in [3.8, 4) is 0 Å². The quantitative estimate of drug-likeness (QED) is 0.730. The maximum Gasteiger partial charge on any atom is 0.410 e. The molecule has 0 aliphatic carbocycles. The van der Waals surface area contributed by atoms with Crippen LogP contribution < -0.4 is 5.32 Å². The summed E-state index contributed by atoms with van der Waals surface area (Å²) in [6.45, 7) is 11.4. The van der Waals surface area contributed by atoms with E-state index in [4.69, 9.17) is 14.2 Å². The van der Waals surface area contributed by atoms with Gasteiger partial charge in [0, 0.05) is 33.4 Å². The summed E-state index contributed by atoms with van der Waals surface area (Å²) in [5.74, 6) is 0.581. The molecule has 0 aromatic rings. The predicted molar refractivity (Wildman–Crippen MR) is 85.8 cm³/mol. The van der Waals surface area contributed by atoms with E-state index in [1.54, 1.807) is 12.0 Å². The Labute approximate surface area is 134 Å². The number of ether oxygens (including phenoxy) is 3. The molecular formula is C16H32N2O4. The van der Waals surface area contributed by atoms with Gasteiger partial charge in [-0.2, -0.15) is 0 Å². The van der Waals surface area contributed by atoms with Gasteiger partial charge in [-0.25, -0.2) is 4.79 Å². The van der Waals surface area contributed by atoms with E-state index in [9.17, 15) is 4.79 Å². The molecule has 0 radical (unpaired) electrons. The third-order valence-corrected chi connectivity index (χ3v) is 3.63. The zero-order valence-corrected chi connectivity index (χ0v) is 14.7. The van der Waals surface area contributed by atoms with Gasteiger partial charge >= 0.3 is 6.09 Å². The Kier molecular flexibility index (Phi) is 8.14. The first kappa shape index (κ1) is 19.2. The zero-order chi connectivity index (χ0) is 16.6. The first-order chi connectivity index (χ1) is 10.4. The molecule has 0 bridgehead atoms. The molecule has 1 rings (SSSR count). The summed E-state index contributed by atoms with van der Waals surface area (Å²) < 4.78 is 16.0. The molecule has 6 heteroatoms. The summed E-state index contributed by atoms with van der Waals surface area (Å²) in [5.41, 5.74) is -0.427. The second kappa shape index (κ2) is 9.33. The summed E-state index contributed by atoms with van der Waals surface area (Å²) in [6, 6.07) is 0. The highest BCUT2D eigenvalue weighted by Crippen LogP contribution is 2.19. The van der Waals surface area contributed by atoms with E-state index in [0.717, 1.165) is 32.5 Å². The Bertz CT molecular complexity index is 323. The molecule has 130 valence electrons. The molecule has 0 aromatic carbocycles. The minimum Gasteiger partial charge on any atom is -0.444 e. The largest absolute Gasteiger partial charge is 0.444 e. The van der Waals surface area contributed by atoms with Gasteiger partial charge in [-0.05, 0) is 53.0 Å². The maximum absolute atomic E-state index is 12.0. The Morgan fingerprint density at radius 1 is 1.32 bits per heavy atom. The number of rotatable bonds is 7. The van der Waals surface area contributed by atoms with E-state index in [1.807, 2.05) is 27.7 Å². The van der Waals surface area contributed by atoms with Crippen LogP contribution >= 0.6 is 0 Å². The van der Waals surface area contributed by atoms with Gasteiger partial charge in [0.2, 0.25) is 0 Å². The van der Waals surface area contributed by atoms with Crippen molar-refractivity contribution in [3.63, 3.8) is 0 Å². The van der Waals surface area contributed by atoms with Gasteiger partial charge in [0.1, 0.15) is 5.60 Å². The van der Waals surface area contributed by atoms with E-state index in [1.165, 1.54) is 0 Å². The fourth-order valence-electron chi connectivity index (χ4n) is 2.45. The topological polar surface area (TPSA) is 60.0 Å². The van der Waals surface area contributed by atoms with Gasteiger partial charge in [-0.3, -0.25) is 0 Å². The molecule has 1 saturated heterocycles. The van der Waals surface area contributed by atoms with Gasteiger partial charge in [0.25, 0.3) is 0 Å². The van der Waals surface area contributed by atoms with Gasteiger partial charge in [0.05, 0.1) is 0 Å². The number of piperidine rings is 1. The molecule has 1 N–H and O–H groups in total. The van der Waals surface area contributed by atoms with E-state index in [0.29, 0.717) is 19.1 Å². The van der Waals surface area contributed by atoms with Crippen LogP contribution in [0.2, 0.25) is 0 Å². The van der Waals surface area contributed by atoms with Gasteiger partial charge in [-0.15, -0.1) is 0 Å². The Balaban J connectivity index is 2.21. The lowest BCUT2D eigenvalue weighted by Gasteiger charge is -2.33. The molecular weight excluding hydrogens is 284 g/mol. The highest BCUT2D eigenvalue weighted by Gasteiger charge is 2.26. The third-order valence-electron chi connectivity index (χ3n) is 3.63. The molecule has 1 aliphatic heterocycles. The van der Waals surface area contributed by atoms with Crippen LogP contribution in [0.3, 0.4) is 0 Å². The molecule has 1 fully saturated rings. The SMILES string of the molecule is CCOC(CNCC1CCN(C(=O)OC(C)(C)C)CC1)OC. The van der Waals surface area contributed by atoms with Crippen LogP contribution in [-0.4, -0.2) is 62.8 Å². The molecule has 0 aromatic heterocycles. The van der Waals surface area contributed by atoms with Crippen molar-refractivity contribution in [1.29, 1.82) is 0 Å². The number of hydrogen-bond acceptors (Lipinski definition) is 5. The predicted octanol–water partition coefficient (Wildman–Crippen LogP) is 2.23. The molecule has 0 spiro atoms. The summed E-state index contributed by atoms with van der Waals surface area (Å²) in [4.78, 5) is 13.8. The van der Waals surface area contributed by atoms with Crippen molar-refractivity contribution in [2.45, 2.75) is 52.4 Å². The number of carbonyl (C=O) groups excluding carboxylic acids is 1. The van der Waals surface area contributed by atoms with Crippen LogP contribution in [0.25, 0.3) is 0 Å². The van der Waals surface area contributed by atoms with E-state index in [-0.39, 0.29) is 12.4 Å². The number of hydrogen-bond donors (Lipinski definition) is 1. The van der Waals surface area contributed by atoms with Crippen LogP contribution in [0.15, 0.2) is 0 Å². The van der Waals surface area contributed by atoms with E-state index < -0.39 is 5.60 Å². The lowest BCUT2D eigenvalue weighted by molar-refractivity contribution is -0.117. The lowest BCUT2D eigenvalue weighted by atomic mass is 9.97. The summed E-state index contributed by atoms with van der Waals surface area (Å²) in [5, 5.41) is 3.39. The van der Waals surface area contributed by atoms with Crippen LogP contribution in [-0.2, 0) is 14.2 Å². The molecule has 1 heterocycles. The van der Waals surface area contributed by atoms with Crippen LogP contribution in [0.1, 0.15) is 40.5 Å². The summed E-state index contributed by atoms with van der Waals surface area (Å²) in [7, 11) is 1.65. The molecule has 6 nitrogen and oxygen atoms in total. The first-order valence-corrected chi connectivity index (χ1v) is 8.18. The molecule has 1 unspecified atom stereocenters. The van der Waals surface area contributed by atoms with Crippen LogP contribution in [0.4, 0.5) is 4.79 Å². The minimum atomic E-state index is -0.427. The molecule has 1 atom stereocenters. The number of likely N-dealkylation sites (tertiary alicyclic amines) is 1. The minimum absolute atomic E-state index is 0.188. The summed E-state index contributed by atoms with van der Waals surface area (Å²) in [6.07, 6.45) is 1.61. The normalized spacial score (nSPS) is 18.3. The Morgan fingerprint density at radius 2 is 1.95 bits per heavy atom. The average molecular weight is 316 g/mol. The number of methoxy groups -OCH3 is 1. The number of nitrogens with one attached hydrogen (secondary N) is 1. The Hall–Kier alpha value is -0.850. The standard InChI is InChI=1S/C16H32N2O4/c1-6-21-14(20-5)12-17-11-13-7-9-18(10-8-13)15(19)22-16(2,3)4/h13-14,17H,6-12H2,1-5H3. The number of carbonyl (C=O) groups is 1. The number of nitrogens with zero attached hydrogens (tertiary/aromatic N) is 1. The second-order valence-corrected chi connectivity index (χ2v) is 6.69. The van der Waals surface area contributed by atoms with Crippen molar-refractivity contribution in [2.75, 3.05) is 39.9 Å². The molecule has 1 amide bonds. The lowest BCUT2D eigenvalue weighted by Crippen LogP contribution is -2.43. The van der Waals surface area contributed by atoms with Crippen molar-refractivity contribution in [3.05, 3.63) is 0 Å². The number of amides is 1. The van der Waals surface area contributed by atoms with E-state index >= 15 is 0 Å². The fourth-order valence-corrected chi connectivity index (χ4v) is 2.45. The van der Waals surface area contributed by atoms with Crippen molar-refractivity contribution in [2.24, 2.45) is 5.92 Å². The summed E-state index contributed by atoms with van der Waals surface area (Å²) >= 11 is 0. The molecule has 1 aliphatic rings. The third kappa shape index (κ3) is 7.42. The van der Waals surface area contributed by atoms with Crippen molar-refractivity contribution < 1.29 is 19.0 Å². The van der Waals surface area contributed by atoms with Gasteiger partial charge in [-0.1, -0.05) is 0 Å². The molecule has 0 saturated carbocycles. The zero-order valence-electron chi connectivity index (χ0n) is 14.7. The first-order valence-electron chi connectivity index (χ1n) is 8.18. The van der Waals surface area contributed by atoms with Crippen molar-refractivity contribution in [1.82, 2.24) is 10.2 Å². The van der Waals surface area contributed by atoms with Gasteiger partial charge in [0.15, 0.2) is 6.29 Å². The fraction of sp³-hybridized carbons (Fsp3) is 0.938.